The number of hydrogen-bond donors (Lipinski definition) is 1. The van der Waals surface area contributed by atoms with Gasteiger partial charge in [-0.15, -0.1) is 0 Å². The fourth-order valence-electron chi connectivity index (χ4n) is 1.94. The van der Waals surface area contributed by atoms with Gasteiger partial charge in [0.2, 0.25) is 0 Å². The highest BCUT2D eigenvalue weighted by Gasteiger charge is 2.15. The van der Waals surface area contributed by atoms with Crippen LogP contribution in [0.3, 0.4) is 0 Å². The van der Waals surface area contributed by atoms with Crippen LogP contribution in [0.25, 0.3) is 0 Å². The van der Waals surface area contributed by atoms with E-state index in [2.05, 4.69) is 16.8 Å². The first-order valence-corrected chi connectivity index (χ1v) is 8.19. The van der Waals surface area contributed by atoms with Crippen LogP contribution in [0.1, 0.15) is 13.3 Å². The Morgan fingerprint density at radius 3 is 2.63 bits per heavy atom. The molecule has 1 rings (SSSR count). The topological polar surface area (TPSA) is 58.8 Å². The molecule has 112 valence electrons. The normalized spacial score (nSPS) is 19.3. The third-order valence-electron chi connectivity index (χ3n) is 3.31. The van der Waals surface area contributed by atoms with Gasteiger partial charge in [-0.25, -0.2) is 0 Å². The maximum Gasteiger partial charge on any atom is 0.322 e. The van der Waals surface area contributed by atoms with Crippen LogP contribution >= 0.6 is 11.8 Å². The molecule has 1 aliphatic heterocycles. The number of ether oxygens (including phenoxy) is 1. The van der Waals surface area contributed by atoms with Gasteiger partial charge >= 0.3 is 5.97 Å². The second-order valence-corrected chi connectivity index (χ2v) is 6.13. The summed E-state index contributed by atoms with van der Waals surface area (Å²) in [6, 6.07) is -0.462. The molecule has 0 aromatic rings. The molecule has 19 heavy (non-hydrogen) atoms. The Labute approximate surface area is 120 Å². The molecule has 1 unspecified atom stereocenters. The summed E-state index contributed by atoms with van der Waals surface area (Å²) >= 11 is 1.87. The largest absolute Gasteiger partial charge is 0.465 e. The number of carbonyl (C=O) groups excluding carboxylic acids is 1. The summed E-state index contributed by atoms with van der Waals surface area (Å²) in [5.41, 5.74) is 5.74. The highest BCUT2D eigenvalue weighted by molar-refractivity contribution is 7.99. The van der Waals surface area contributed by atoms with E-state index in [-0.39, 0.29) is 5.97 Å². The van der Waals surface area contributed by atoms with Gasteiger partial charge in [-0.1, -0.05) is 0 Å². The van der Waals surface area contributed by atoms with Gasteiger partial charge in [-0.3, -0.25) is 9.69 Å². The van der Waals surface area contributed by atoms with Crippen LogP contribution in [-0.4, -0.2) is 79.7 Å². The number of nitrogens with two attached hydrogens (primary N) is 1. The van der Waals surface area contributed by atoms with Gasteiger partial charge in [0.15, 0.2) is 0 Å². The maximum atomic E-state index is 11.3. The van der Waals surface area contributed by atoms with E-state index in [0.717, 1.165) is 18.1 Å². The zero-order valence-corrected chi connectivity index (χ0v) is 13.0. The number of rotatable bonds is 8. The lowest BCUT2D eigenvalue weighted by Crippen LogP contribution is -2.45. The second-order valence-electron chi connectivity index (χ2n) is 4.90. The van der Waals surface area contributed by atoms with Gasteiger partial charge in [0.1, 0.15) is 6.04 Å². The molecular weight excluding hydrogens is 262 g/mol. The lowest BCUT2D eigenvalue weighted by Gasteiger charge is -2.32. The number of thioether (sulfide) groups is 1. The van der Waals surface area contributed by atoms with Crippen molar-refractivity contribution in [3.05, 3.63) is 0 Å². The molecule has 0 aliphatic carbocycles. The molecule has 1 fully saturated rings. The Balaban J connectivity index is 1.97. The molecule has 0 bridgehead atoms. The van der Waals surface area contributed by atoms with E-state index in [0.29, 0.717) is 13.0 Å². The summed E-state index contributed by atoms with van der Waals surface area (Å²) in [5.74, 6) is 1.76. The first-order chi connectivity index (χ1) is 9.13. The van der Waals surface area contributed by atoms with Crippen molar-refractivity contribution in [2.75, 3.05) is 57.9 Å². The zero-order valence-electron chi connectivity index (χ0n) is 12.1. The number of hydrogen-bond acceptors (Lipinski definition) is 6. The minimum Gasteiger partial charge on any atom is -0.465 e. The van der Waals surface area contributed by atoms with Crippen LogP contribution in [0.5, 0.6) is 0 Å². The third kappa shape index (κ3) is 7.15. The Hall–Kier alpha value is -0.300. The van der Waals surface area contributed by atoms with Gasteiger partial charge in [0.25, 0.3) is 0 Å². The quantitative estimate of drug-likeness (QED) is 0.510. The van der Waals surface area contributed by atoms with E-state index < -0.39 is 6.04 Å². The Morgan fingerprint density at radius 2 is 2.00 bits per heavy atom. The van der Waals surface area contributed by atoms with Crippen LogP contribution in [0.15, 0.2) is 0 Å². The fourth-order valence-corrected chi connectivity index (χ4v) is 2.96. The molecule has 0 aromatic carbocycles. The maximum absolute atomic E-state index is 11.3. The Bertz CT molecular complexity index is 258. The van der Waals surface area contributed by atoms with Crippen molar-refractivity contribution in [1.29, 1.82) is 0 Å². The molecule has 1 saturated heterocycles. The van der Waals surface area contributed by atoms with Gasteiger partial charge in [-0.2, -0.15) is 11.8 Å². The van der Waals surface area contributed by atoms with E-state index in [4.69, 9.17) is 10.5 Å². The van der Waals surface area contributed by atoms with Crippen molar-refractivity contribution in [1.82, 2.24) is 9.80 Å². The summed E-state index contributed by atoms with van der Waals surface area (Å²) in [6.07, 6.45) is 0.701. The van der Waals surface area contributed by atoms with E-state index in [1.54, 1.807) is 6.92 Å². The first-order valence-electron chi connectivity index (χ1n) is 7.04. The average molecular weight is 289 g/mol. The summed E-state index contributed by atoms with van der Waals surface area (Å²) in [5, 5.41) is 0. The number of nitrogens with zero attached hydrogens (tertiary/aromatic N) is 2. The highest BCUT2D eigenvalue weighted by Crippen LogP contribution is 2.07. The molecule has 5 nitrogen and oxygen atoms in total. The molecule has 0 spiro atoms. The van der Waals surface area contributed by atoms with Crippen molar-refractivity contribution in [3.8, 4) is 0 Å². The van der Waals surface area contributed by atoms with Crippen LogP contribution in [0, 0.1) is 0 Å². The average Bonchev–Trinajstić information content (AvgIpc) is 2.40. The van der Waals surface area contributed by atoms with Crippen molar-refractivity contribution >= 4 is 17.7 Å². The molecule has 1 heterocycles. The monoisotopic (exact) mass is 289 g/mol. The minimum absolute atomic E-state index is 0.276. The lowest BCUT2D eigenvalue weighted by atomic mass is 10.2. The number of carbonyl (C=O) groups is 1. The van der Waals surface area contributed by atoms with E-state index >= 15 is 0 Å². The number of likely N-dealkylation sites (N-methyl/N-ethyl adjacent to an activating group) is 1. The molecule has 0 aromatic heterocycles. The molecule has 6 heteroatoms. The smallest absolute Gasteiger partial charge is 0.322 e. The summed E-state index contributed by atoms with van der Waals surface area (Å²) in [4.78, 5) is 16.2. The summed E-state index contributed by atoms with van der Waals surface area (Å²) in [7, 11) is 2.17. The number of piperazine rings is 1. The highest BCUT2D eigenvalue weighted by atomic mass is 32.2. The molecule has 0 radical (unpaired) electrons. The van der Waals surface area contributed by atoms with E-state index in [1.807, 2.05) is 11.8 Å². The second kappa shape index (κ2) is 9.58. The standard InChI is InChI=1S/C13H27N3O2S/c1-3-18-13(17)12(14)4-10-19-11-9-16-7-5-15(2)6-8-16/h12H,3-11,14H2,1-2H3. The Morgan fingerprint density at radius 1 is 1.32 bits per heavy atom. The summed E-state index contributed by atoms with van der Waals surface area (Å²) in [6.45, 7) is 8.00. The van der Waals surface area contributed by atoms with Crippen LogP contribution in [-0.2, 0) is 9.53 Å². The van der Waals surface area contributed by atoms with E-state index in [1.165, 1.54) is 26.2 Å². The first kappa shape index (κ1) is 16.8. The SMILES string of the molecule is CCOC(=O)C(N)CCSCCN1CCN(C)CC1. The molecule has 0 saturated carbocycles. The van der Waals surface area contributed by atoms with Crippen LogP contribution in [0.4, 0.5) is 0 Å². The minimum atomic E-state index is -0.462. The molecule has 2 N–H and O–H groups in total. The predicted molar refractivity (Wildman–Crippen MR) is 80.5 cm³/mol. The summed E-state index contributed by atoms with van der Waals surface area (Å²) < 4.78 is 4.88. The molecule has 0 amide bonds. The van der Waals surface area contributed by atoms with Crippen LogP contribution < -0.4 is 5.73 Å². The molecule has 1 atom stereocenters. The Kier molecular flexibility index (Phi) is 8.45. The predicted octanol–water partition coefficient (Wildman–Crippen LogP) is 0.248. The third-order valence-corrected chi connectivity index (χ3v) is 4.31. The zero-order chi connectivity index (χ0) is 14.1. The van der Waals surface area contributed by atoms with Gasteiger partial charge < -0.3 is 15.4 Å². The van der Waals surface area contributed by atoms with Gasteiger partial charge in [0, 0.05) is 38.5 Å². The molecular formula is C13H27N3O2S. The molecule has 1 aliphatic rings. The van der Waals surface area contributed by atoms with Crippen molar-refractivity contribution in [2.24, 2.45) is 5.73 Å². The van der Waals surface area contributed by atoms with Gasteiger partial charge in [0.05, 0.1) is 6.61 Å². The van der Waals surface area contributed by atoms with Gasteiger partial charge in [-0.05, 0) is 26.1 Å². The van der Waals surface area contributed by atoms with Crippen molar-refractivity contribution in [3.63, 3.8) is 0 Å². The van der Waals surface area contributed by atoms with E-state index in [9.17, 15) is 4.79 Å². The van der Waals surface area contributed by atoms with Crippen LogP contribution in [0.2, 0.25) is 0 Å². The number of esters is 1. The van der Waals surface area contributed by atoms with Crippen molar-refractivity contribution < 1.29 is 9.53 Å². The fraction of sp³-hybridized carbons (Fsp3) is 0.923. The van der Waals surface area contributed by atoms with Crippen molar-refractivity contribution in [2.45, 2.75) is 19.4 Å². The lowest BCUT2D eigenvalue weighted by molar-refractivity contribution is -0.144.